The van der Waals surface area contributed by atoms with Crippen molar-refractivity contribution in [1.29, 1.82) is 0 Å². The number of nitrogens with one attached hydrogen (secondary N) is 2. The van der Waals surface area contributed by atoms with Crippen LogP contribution < -0.4 is 11.1 Å². The highest BCUT2D eigenvalue weighted by Crippen LogP contribution is 2.16. The van der Waals surface area contributed by atoms with Gasteiger partial charge < -0.3 is 0 Å². The van der Waals surface area contributed by atoms with Crippen molar-refractivity contribution < 1.29 is 0 Å². The van der Waals surface area contributed by atoms with E-state index < -0.39 is 0 Å². The minimum absolute atomic E-state index is 0.705. The van der Waals surface area contributed by atoms with E-state index in [1.54, 1.807) is 0 Å². The summed E-state index contributed by atoms with van der Waals surface area (Å²) < 4.78 is 2.88. The zero-order chi connectivity index (χ0) is 16.4. The lowest BCUT2D eigenvalue weighted by Gasteiger charge is -2.18. The van der Waals surface area contributed by atoms with Crippen LogP contribution in [0.25, 0.3) is 5.69 Å². The Morgan fingerprint density at radius 3 is 2.58 bits per heavy atom. The molecule has 0 bridgehead atoms. The summed E-state index contributed by atoms with van der Waals surface area (Å²) in [4.78, 5) is 0. The van der Waals surface area contributed by atoms with Gasteiger partial charge in [0.2, 0.25) is 0 Å². The Bertz CT molecular complexity index is 856. The maximum absolute atomic E-state index is 4.44. The van der Waals surface area contributed by atoms with Gasteiger partial charge in [0, 0.05) is 10.7 Å². The van der Waals surface area contributed by atoms with Gasteiger partial charge in [0.1, 0.15) is 0 Å². The summed E-state index contributed by atoms with van der Waals surface area (Å²) in [5.41, 5.74) is 9.00. The summed E-state index contributed by atoms with van der Waals surface area (Å²) in [6.45, 7) is 0.705. The van der Waals surface area contributed by atoms with Crippen LogP contribution in [0.5, 0.6) is 0 Å². The lowest BCUT2D eigenvalue weighted by Crippen LogP contribution is -2.40. The Hall–Kier alpha value is -2.64. The second kappa shape index (κ2) is 6.46. The first kappa shape index (κ1) is 14.9. The fourth-order valence-electron chi connectivity index (χ4n) is 2.53. The van der Waals surface area contributed by atoms with Crippen molar-refractivity contribution in [2.45, 2.75) is 6.54 Å². The third-order valence-electron chi connectivity index (χ3n) is 3.72. The minimum atomic E-state index is 0.705. The van der Waals surface area contributed by atoms with Crippen LogP contribution in [-0.4, -0.2) is 20.6 Å². The Kier molecular flexibility index (Phi) is 4.02. The van der Waals surface area contributed by atoms with E-state index in [0.717, 1.165) is 21.6 Å². The first-order valence-corrected chi connectivity index (χ1v) is 8.30. The van der Waals surface area contributed by atoms with E-state index in [0.29, 0.717) is 6.54 Å². The average Bonchev–Trinajstić information content (AvgIpc) is 3.25. The van der Waals surface area contributed by atoms with Crippen molar-refractivity contribution in [3.05, 3.63) is 82.6 Å². The number of aromatic nitrogens is 2. The van der Waals surface area contributed by atoms with Gasteiger partial charge in [-0.2, -0.15) is 5.10 Å². The summed E-state index contributed by atoms with van der Waals surface area (Å²) in [5, 5.41) is 10.7. The number of nitrogens with zero attached hydrogens (tertiary/aromatic N) is 4. The molecular formula is C17H15BrN6. The van der Waals surface area contributed by atoms with Crippen molar-refractivity contribution in [2.24, 2.45) is 5.10 Å². The van der Waals surface area contributed by atoms with Gasteiger partial charge in [0.15, 0.2) is 5.84 Å². The van der Waals surface area contributed by atoms with Crippen molar-refractivity contribution >= 4 is 21.8 Å². The van der Waals surface area contributed by atoms with E-state index >= 15 is 0 Å². The van der Waals surface area contributed by atoms with Gasteiger partial charge in [0.05, 0.1) is 24.0 Å². The van der Waals surface area contributed by atoms with Crippen molar-refractivity contribution in [3.63, 3.8) is 0 Å². The maximum Gasteiger partial charge on any atom is 0.176 e. The third kappa shape index (κ3) is 3.04. The highest BCUT2D eigenvalue weighted by atomic mass is 79.9. The Labute approximate surface area is 147 Å². The molecule has 4 rings (SSSR count). The molecule has 1 aromatic heterocycles. The van der Waals surface area contributed by atoms with E-state index in [-0.39, 0.29) is 0 Å². The molecule has 0 amide bonds. The molecule has 2 aromatic carbocycles. The monoisotopic (exact) mass is 382 g/mol. The van der Waals surface area contributed by atoms with Crippen LogP contribution in [0.4, 0.5) is 0 Å². The first-order chi connectivity index (χ1) is 11.8. The van der Waals surface area contributed by atoms with Crippen LogP contribution in [-0.2, 0) is 6.54 Å². The van der Waals surface area contributed by atoms with Gasteiger partial charge >= 0.3 is 0 Å². The fourth-order valence-corrected chi connectivity index (χ4v) is 2.79. The molecule has 0 atom stereocenters. The van der Waals surface area contributed by atoms with Gasteiger partial charge in [-0.15, -0.1) is 10.6 Å². The molecule has 1 aliphatic heterocycles. The number of amidine groups is 1. The molecule has 0 fully saturated rings. The van der Waals surface area contributed by atoms with Gasteiger partial charge in [-0.05, 0) is 29.8 Å². The summed E-state index contributed by atoms with van der Waals surface area (Å²) >= 11 is 3.44. The molecule has 2 N–H and O–H groups in total. The second-order valence-corrected chi connectivity index (χ2v) is 6.30. The van der Waals surface area contributed by atoms with Crippen LogP contribution >= 0.6 is 15.9 Å². The maximum atomic E-state index is 4.44. The normalized spacial score (nSPS) is 13.7. The molecule has 0 unspecified atom stereocenters. The molecule has 0 radical (unpaired) electrons. The predicted octanol–water partition coefficient (Wildman–Crippen LogP) is 2.82. The number of hydrogen-bond donors (Lipinski definition) is 2. The van der Waals surface area contributed by atoms with E-state index in [1.807, 2.05) is 64.5 Å². The standard InChI is InChI=1S/C17H15BrN6/c18-15-6-8-16(9-7-15)23-12-14(10-19-23)17-20-21-22-24(17)11-13-4-2-1-3-5-13/h1-10,12,21-22H,11H2. The summed E-state index contributed by atoms with van der Waals surface area (Å²) in [6, 6.07) is 18.2. The molecule has 0 saturated heterocycles. The van der Waals surface area contributed by atoms with Gasteiger partial charge in [-0.3, -0.25) is 5.01 Å². The molecule has 3 aromatic rings. The quantitative estimate of drug-likeness (QED) is 0.728. The number of rotatable bonds is 4. The lowest BCUT2D eigenvalue weighted by molar-refractivity contribution is 0.288. The highest BCUT2D eigenvalue weighted by Gasteiger charge is 2.20. The number of halogens is 1. The molecule has 0 spiro atoms. The highest BCUT2D eigenvalue weighted by molar-refractivity contribution is 9.10. The fraction of sp³-hybridized carbons (Fsp3) is 0.0588. The molecule has 0 saturated carbocycles. The van der Waals surface area contributed by atoms with E-state index in [1.165, 1.54) is 5.56 Å². The average molecular weight is 383 g/mol. The van der Waals surface area contributed by atoms with Crippen LogP contribution in [0.3, 0.4) is 0 Å². The number of benzene rings is 2. The SMILES string of the molecule is Brc1ccc(-n2cc(C3=NNNN3Cc3ccccc3)cn2)cc1. The smallest absolute Gasteiger partial charge is 0.176 e. The summed E-state index contributed by atoms with van der Waals surface area (Å²) in [6.07, 6.45) is 3.78. The van der Waals surface area contributed by atoms with Gasteiger partial charge in [-0.25, -0.2) is 10.2 Å². The van der Waals surface area contributed by atoms with Crippen molar-refractivity contribution in [1.82, 2.24) is 25.9 Å². The molecule has 0 aliphatic carbocycles. The second-order valence-electron chi connectivity index (χ2n) is 5.38. The zero-order valence-corrected chi connectivity index (χ0v) is 14.3. The molecular weight excluding hydrogens is 368 g/mol. The first-order valence-electron chi connectivity index (χ1n) is 7.50. The summed E-state index contributed by atoms with van der Waals surface area (Å²) in [7, 11) is 0. The molecule has 6 nitrogen and oxygen atoms in total. The third-order valence-corrected chi connectivity index (χ3v) is 4.25. The topological polar surface area (TPSA) is 57.5 Å². The summed E-state index contributed by atoms with van der Waals surface area (Å²) in [5.74, 6) is 0.808. The van der Waals surface area contributed by atoms with Crippen molar-refractivity contribution in [2.75, 3.05) is 0 Å². The van der Waals surface area contributed by atoms with E-state index in [4.69, 9.17) is 0 Å². The van der Waals surface area contributed by atoms with E-state index in [2.05, 4.69) is 49.3 Å². The van der Waals surface area contributed by atoms with Gasteiger partial charge in [0.25, 0.3) is 0 Å². The van der Waals surface area contributed by atoms with E-state index in [9.17, 15) is 0 Å². The zero-order valence-electron chi connectivity index (χ0n) is 12.7. The van der Waals surface area contributed by atoms with Crippen LogP contribution in [0, 0.1) is 0 Å². The minimum Gasteiger partial charge on any atom is -0.266 e. The molecule has 2 heterocycles. The number of hydrazone groups is 1. The van der Waals surface area contributed by atoms with Crippen molar-refractivity contribution in [3.8, 4) is 5.69 Å². The van der Waals surface area contributed by atoms with Gasteiger partial charge in [-0.1, -0.05) is 46.3 Å². The molecule has 1 aliphatic rings. The largest absolute Gasteiger partial charge is 0.266 e. The number of hydrazine groups is 2. The predicted molar refractivity (Wildman–Crippen MR) is 96.1 cm³/mol. The van der Waals surface area contributed by atoms with Crippen LogP contribution in [0.15, 0.2) is 76.6 Å². The van der Waals surface area contributed by atoms with Crippen LogP contribution in [0.1, 0.15) is 11.1 Å². The molecule has 120 valence electrons. The Morgan fingerprint density at radius 2 is 1.79 bits per heavy atom. The molecule has 7 heteroatoms. The lowest BCUT2D eigenvalue weighted by atomic mass is 10.2. The van der Waals surface area contributed by atoms with Crippen LogP contribution in [0.2, 0.25) is 0 Å². The number of hydrogen-bond acceptors (Lipinski definition) is 5. The Balaban J connectivity index is 1.56. The molecule has 24 heavy (non-hydrogen) atoms. The Morgan fingerprint density at radius 1 is 1.00 bits per heavy atom.